The SMILES string of the molecule is CC(C)(C)OC(=O)N(Cc1ccccc1)C1C=C(Br)S(=O)(=O)C1. The van der Waals surface area contributed by atoms with E-state index >= 15 is 0 Å². The number of amides is 1. The molecule has 0 fully saturated rings. The highest BCUT2D eigenvalue weighted by atomic mass is 79.9. The van der Waals surface area contributed by atoms with Gasteiger partial charge in [0.05, 0.1) is 11.8 Å². The summed E-state index contributed by atoms with van der Waals surface area (Å²) in [6.45, 7) is 5.63. The van der Waals surface area contributed by atoms with Gasteiger partial charge in [-0.1, -0.05) is 30.3 Å². The summed E-state index contributed by atoms with van der Waals surface area (Å²) in [4.78, 5) is 14.0. The molecule has 0 saturated heterocycles. The molecule has 1 amide bonds. The molecule has 1 aliphatic rings. The number of ether oxygens (including phenoxy) is 1. The largest absolute Gasteiger partial charge is 0.444 e. The van der Waals surface area contributed by atoms with Crippen LogP contribution in [0.1, 0.15) is 26.3 Å². The van der Waals surface area contributed by atoms with E-state index in [1.54, 1.807) is 26.8 Å². The van der Waals surface area contributed by atoms with E-state index < -0.39 is 27.6 Å². The molecule has 1 aromatic carbocycles. The number of rotatable bonds is 3. The number of hydrogen-bond acceptors (Lipinski definition) is 4. The van der Waals surface area contributed by atoms with E-state index in [0.29, 0.717) is 0 Å². The van der Waals surface area contributed by atoms with Crippen molar-refractivity contribution in [3.63, 3.8) is 0 Å². The fourth-order valence-electron chi connectivity index (χ4n) is 2.21. The lowest BCUT2D eigenvalue weighted by Crippen LogP contribution is -2.43. The van der Waals surface area contributed by atoms with Crippen molar-refractivity contribution in [2.75, 3.05) is 5.75 Å². The molecule has 1 unspecified atom stereocenters. The Morgan fingerprint density at radius 3 is 2.39 bits per heavy atom. The second-order valence-electron chi connectivity index (χ2n) is 6.41. The molecule has 1 atom stereocenters. The van der Waals surface area contributed by atoms with Gasteiger partial charge in [-0.15, -0.1) is 0 Å². The van der Waals surface area contributed by atoms with E-state index in [-0.39, 0.29) is 16.1 Å². The summed E-state index contributed by atoms with van der Waals surface area (Å²) >= 11 is 3.06. The monoisotopic (exact) mass is 401 g/mol. The molecule has 1 aliphatic heterocycles. The Bertz CT molecular complexity index is 707. The smallest absolute Gasteiger partial charge is 0.411 e. The van der Waals surface area contributed by atoms with Crippen molar-refractivity contribution in [1.29, 1.82) is 0 Å². The van der Waals surface area contributed by atoms with Crippen molar-refractivity contribution in [2.24, 2.45) is 0 Å². The predicted molar refractivity (Wildman–Crippen MR) is 92.8 cm³/mol. The van der Waals surface area contributed by atoms with Crippen LogP contribution in [0.3, 0.4) is 0 Å². The van der Waals surface area contributed by atoms with Crippen LogP contribution >= 0.6 is 15.9 Å². The number of sulfone groups is 1. The second kappa shape index (κ2) is 6.65. The Kier molecular flexibility index (Phi) is 5.20. The van der Waals surface area contributed by atoms with Gasteiger partial charge in [-0.3, -0.25) is 4.90 Å². The highest BCUT2D eigenvalue weighted by Gasteiger charge is 2.36. The molecule has 0 spiro atoms. The van der Waals surface area contributed by atoms with E-state index in [2.05, 4.69) is 15.9 Å². The number of hydrogen-bond donors (Lipinski definition) is 0. The van der Waals surface area contributed by atoms with Crippen LogP contribution in [0.4, 0.5) is 4.79 Å². The lowest BCUT2D eigenvalue weighted by molar-refractivity contribution is 0.0198. The molecule has 0 aromatic heterocycles. The number of nitrogens with zero attached hydrogens (tertiary/aromatic N) is 1. The molecule has 1 heterocycles. The fourth-order valence-corrected chi connectivity index (χ4v) is 4.16. The lowest BCUT2D eigenvalue weighted by Gasteiger charge is -2.30. The first-order valence-corrected chi connectivity index (χ1v) is 9.67. The molecule has 2 rings (SSSR count). The van der Waals surface area contributed by atoms with Crippen LogP contribution in [0.25, 0.3) is 0 Å². The van der Waals surface area contributed by atoms with Gasteiger partial charge in [0.1, 0.15) is 9.42 Å². The Balaban J connectivity index is 2.27. The predicted octanol–water partition coefficient (Wildman–Crippen LogP) is 3.46. The van der Waals surface area contributed by atoms with Crippen LogP contribution in [-0.2, 0) is 21.1 Å². The summed E-state index contributed by atoms with van der Waals surface area (Å²) < 4.78 is 29.4. The summed E-state index contributed by atoms with van der Waals surface area (Å²) in [7, 11) is -3.36. The van der Waals surface area contributed by atoms with E-state index in [9.17, 15) is 13.2 Å². The molecule has 0 saturated carbocycles. The van der Waals surface area contributed by atoms with Gasteiger partial charge in [-0.2, -0.15) is 0 Å². The zero-order valence-electron chi connectivity index (χ0n) is 13.3. The van der Waals surface area contributed by atoms with Crippen molar-refractivity contribution in [2.45, 2.75) is 39.0 Å². The Hall–Kier alpha value is -1.34. The minimum atomic E-state index is -3.36. The first-order chi connectivity index (χ1) is 10.6. The van der Waals surface area contributed by atoms with Crippen LogP contribution in [0.5, 0.6) is 0 Å². The van der Waals surface area contributed by atoms with Crippen molar-refractivity contribution in [3.05, 3.63) is 45.8 Å². The average molecular weight is 402 g/mol. The van der Waals surface area contributed by atoms with Gasteiger partial charge in [0.25, 0.3) is 0 Å². The van der Waals surface area contributed by atoms with Crippen LogP contribution in [0, 0.1) is 0 Å². The minimum Gasteiger partial charge on any atom is -0.444 e. The van der Waals surface area contributed by atoms with Gasteiger partial charge < -0.3 is 4.74 Å². The van der Waals surface area contributed by atoms with Crippen molar-refractivity contribution in [1.82, 2.24) is 4.90 Å². The maximum absolute atomic E-state index is 12.5. The van der Waals surface area contributed by atoms with E-state index in [1.807, 2.05) is 30.3 Å². The molecule has 0 radical (unpaired) electrons. The molecule has 126 valence electrons. The molecular formula is C16H20BrNO4S. The summed E-state index contributed by atoms with van der Waals surface area (Å²) in [5, 5.41) is 0. The number of carbonyl (C=O) groups is 1. The molecule has 5 nitrogen and oxygen atoms in total. The number of halogens is 1. The highest BCUT2D eigenvalue weighted by Crippen LogP contribution is 2.28. The van der Waals surface area contributed by atoms with Gasteiger partial charge in [-0.05, 0) is 48.3 Å². The molecule has 0 aliphatic carbocycles. The van der Waals surface area contributed by atoms with E-state index in [4.69, 9.17) is 4.74 Å². The van der Waals surface area contributed by atoms with Gasteiger partial charge in [0.15, 0.2) is 9.84 Å². The molecule has 0 N–H and O–H groups in total. The van der Waals surface area contributed by atoms with Crippen LogP contribution in [-0.4, -0.2) is 36.8 Å². The fraction of sp³-hybridized carbons (Fsp3) is 0.438. The third-order valence-corrected chi connectivity index (χ3v) is 6.49. The first kappa shape index (κ1) is 18.0. The summed E-state index contributed by atoms with van der Waals surface area (Å²) in [5.74, 6) is -0.139. The highest BCUT2D eigenvalue weighted by molar-refractivity contribution is 9.13. The van der Waals surface area contributed by atoms with Crippen LogP contribution < -0.4 is 0 Å². The lowest BCUT2D eigenvalue weighted by atomic mass is 10.2. The summed E-state index contributed by atoms with van der Waals surface area (Å²) in [6.07, 6.45) is 1.02. The first-order valence-electron chi connectivity index (χ1n) is 7.22. The standard InChI is InChI=1S/C16H20BrNO4S/c1-16(2,3)22-15(19)18(10-12-7-5-4-6-8-12)13-9-14(17)23(20,21)11-13/h4-9,13H,10-11H2,1-3H3. The molecule has 7 heteroatoms. The van der Waals surface area contributed by atoms with Crippen molar-refractivity contribution in [3.8, 4) is 0 Å². The van der Waals surface area contributed by atoms with Gasteiger partial charge in [-0.25, -0.2) is 13.2 Å². The van der Waals surface area contributed by atoms with Gasteiger partial charge in [0.2, 0.25) is 0 Å². The topological polar surface area (TPSA) is 63.7 Å². The number of carbonyl (C=O) groups excluding carboxylic acids is 1. The Labute approximate surface area is 145 Å². The maximum Gasteiger partial charge on any atom is 0.411 e. The number of benzene rings is 1. The van der Waals surface area contributed by atoms with Crippen LogP contribution in [0.15, 0.2) is 40.2 Å². The second-order valence-corrected chi connectivity index (χ2v) is 9.80. The molecule has 23 heavy (non-hydrogen) atoms. The minimum absolute atomic E-state index is 0.122. The van der Waals surface area contributed by atoms with Gasteiger partial charge >= 0.3 is 6.09 Å². The molecular weight excluding hydrogens is 382 g/mol. The quantitative estimate of drug-likeness (QED) is 0.777. The molecule has 1 aromatic rings. The van der Waals surface area contributed by atoms with E-state index in [1.165, 1.54) is 4.90 Å². The Morgan fingerprint density at radius 1 is 1.30 bits per heavy atom. The van der Waals surface area contributed by atoms with Gasteiger partial charge in [0, 0.05) is 6.54 Å². The third kappa shape index (κ3) is 4.81. The third-order valence-electron chi connectivity index (χ3n) is 3.23. The summed E-state index contributed by atoms with van der Waals surface area (Å²) in [6, 6.07) is 8.86. The van der Waals surface area contributed by atoms with E-state index in [0.717, 1.165) is 5.56 Å². The zero-order chi connectivity index (χ0) is 17.3. The maximum atomic E-state index is 12.5. The summed E-state index contributed by atoms with van der Waals surface area (Å²) in [5.41, 5.74) is 0.261. The normalized spacial score (nSPS) is 20.0. The molecule has 0 bridgehead atoms. The zero-order valence-corrected chi connectivity index (χ0v) is 15.7. The van der Waals surface area contributed by atoms with Crippen molar-refractivity contribution >= 4 is 31.9 Å². The average Bonchev–Trinajstić information content (AvgIpc) is 2.69. The Morgan fingerprint density at radius 2 is 1.91 bits per heavy atom. The van der Waals surface area contributed by atoms with Crippen LogP contribution in [0.2, 0.25) is 0 Å². The van der Waals surface area contributed by atoms with Crippen molar-refractivity contribution < 1.29 is 17.9 Å².